The lowest BCUT2D eigenvalue weighted by atomic mass is 9.86. The quantitative estimate of drug-likeness (QED) is 0.759. The van der Waals surface area contributed by atoms with Gasteiger partial charge in [-0.05, 0) is 53.9 Å². The first kappa shape index (κ1) is 17.4. The Kier molecular flexibility index (Phi) is 5.37. The monoisotopic (exact) mass is 330 g/mol. The summed E-state index contributed by atoms with van der Waals surface area (Å²) in [6, 6.07) is 14.8. The zero-order valence-electron chi connectivity index (χ0n) is 14.0. The molecule has 2 N–H and O–H groups in total. The van der Waals surface area contributed by atoms with Crippen molar-refractivity contribution in [2.75, 3.05) is 5.32 Å². The molecule has 0 fully saturated rings. The van der Waals surface area contributed by atoms with Gasteiger partial charge in [0.2, 0.25) is 0 Å². The summed E-state index contributed by atoms with van der Waals surface area (Å²) in [5.41, 5.74) is 3.23. The van der Waals surface area contributed by atoms with Crippen LogP contribution in [0.25, 0.3) is 0 Å². The Bertz CT molecular complexity index is 675. The van der Waals surface area contributed by atoms with Crippen LogP contribution in [0.2, 0.25) is 0 Å². The third kappa shape index (κ3) is 5.03. The average molecular weight is 330 g/mol. The first-order valence-electron chi connectivity index (χ1n) is 7.69. The van der Waals surface area contributed by atoms with Crippen LogP contribution in [0.1, 0.15) is 44.9 Å². The second kappa shape index (κ2) is 7.09. The molecule has 2 nitrogen and oxygen atoms in total. The Labute approximate surface area is 143 Å². The highest BCUT2D eigenvalue weighted by Gasteiger charge is 2.14. The van der Waals surface area contributed by atoms with Gasteiger partial charge in [-0.1, -0.05) is 51.1 Å². The molecule has 1 atom stereocenters. The molecular weight excluding hydrogens is 307 g/mol. The minimum atomic E-state index is -0.288. The highest BCUT2D eigenvalue weighted by Crippen LogP contribution is 2.24. The lowest BCUT2D eigenvalue weighted by Gasteiger charge is -2.21. The highest BCUT2D eigenvalue weighted by atomic mass is 32.1. The van der Waals surface area contributed by atoms with E-state index >= 15 is 0 Å². The molecule has 2 aromatic carbocycles. The molecule has 0 radical (unpaired) electrons. The molecule has 0 bridgehead atoms. The first-order chi connectivity index (χ1) is 10.8. The molecule has 2 aromatic rings. The largest absolute Gasteiger partial charge is 0.356 e. The SMILES string of the molecule is C[C@@H](NC(=S)Nc1cccc(F)c1)c1ccc(C(C)(C)C)cc1. The van der Waals surface area contributed by atoms with Crippen molar-refractivity contribution in [3.8, 4) is 0 Å². The van der Waals surface area contributed by atoms with Crippen LogP contribution in [0.3, 0.4) is 0 Å². The number of hydrogen-bond acceptors (Lipinski definition) is 1. The Morgan fingerprint density at radius 1 is 1.09 bits per heavy atom. The molecule has 122 valence electrons. The Morgan fingerprint density at radius 2 is 1.74 bits per heavy atom. The van der Waals surface area contributed by atoms with Crippen molar-refractivity contribution < 1.29 is 4.39 Å². The number of benzene rings is 2. The number of halogens is 1. The van der Waals surface area contributed by atoms with Crippen molar-refractivity contribution >= 4 is 23.0 Å². The summed E-state index contributed by atoms with van der Waals surface area (Å²) in [4.78, 5) is 0. The van der Waals surface area contributed by atoms with Gasteiger partial charge in [0.15, 0.2) is 5.11 Å². The first-order valence-corrected chi connectivity index (χ1v) is 8.10. The van der Waals surface area contributed by atoms with E-state index in [9.17, 15) is 4.39 Å². The fraction of sp³-hybridized carbons (Fsp3) is 0.316. The van der Waals surface area contributed by atoms with E-state index in [1.54, 1.807) is 12.1 Å². The molecule has 0 heterocycles. The molecule has 0 unspecified atom stereocenters. The standard InChI is InChI=1S/C19H23FN2S/c1-13(14-8-10-15(11-9-14)19(2,3)4)21-18(23)22-17-7-5-6-16(20)12-17/h5-13H,1-4H3,(H2,21,22,23)/t13-/m1/s1. The summed E-state index contributed by atoms with van der Waals surface area (Å²) >= 11 is 5.30. The van der Waals surface area contributed by atoms with Gasteiger partial charge in [-0.2, -0.15) is 0 Å². The van der Waals surface area contributed by atoms with Crippen LogP contribution < -0.4 is 10.6 Å². The Balaban J connectivity index is 1.98. The Hall–Kier alpha value is -1.94. The predicted octanol–water partition coefficient (Wildman–Crippen LogP) is 5.17. The summed E-state index contributed by atoms with van der Waals surface area (Å²) < 4.78 is 13.2. The van der Waals surface area contributed by atoms with E-state index < -0.39 is 0 Å². The molecule has 0 aliphatic rings. The zero-order chi connectivity index (χ0) is 17.0. The number of anilines is 1. The average Bonchev–Trinajstić information content (AvgIpc) is 2.46. The van der Waals surface area contributed by atoms with Crippen LogP contribution in [-0.2, 0) is 5.41 Å². The van der Waals surface area contributed by atoms with Gasteiger partial charge in [-0.15, -0.1) is 0 Å². The topological polar surface area (TPSA) is 24.1 Å². The van der Waals surface area contributed by atoms with Gasteiger partial charge >= 0.3 is 0 Å². The Morgan fingerprint density at radius 3 is 2.30 bits per heavy atom. The molecule has 0 aliphatic heterocycles. The van der Waals surface area contributed by atoms with Crippen molar-refractivity contribution in [1.29, 1.82) is 0 Å². The fourth-order valence-electron chi connectivity index (χ4n) is 2.29. The predicted molar refractivity (Wildman–Crippen MR) is 99.3 cm³/mol. The second-order valence-corrected chi connectivity index (χ2v) is 7.11. The van der Waals surface area contributed by atoms with Crippen molar-refractivity contribution in [1.82, 2.24) is 5.32 Å². The van der Waals surface area contributed by atoms with E-state index in [0.29, 0.717) is 10.8 Å². The fourth-order valence-corrected chi connectivity index (χ4v) is 2.58. The van der Waals surface area contributed by atoms with E-state index in [0.717, 1.165) is 5.56 Å². The maximum atomic E-state index is 13.2. The molecule has 4 heteroatoms. The van der Waals surface area contributed by atoms with E-state index in [1.807, 2.05) is 6.92 Å². The van der Waals surface area contributed by atoms with Crippen LogP contribution in [0.5, 0.6) is 0 Å². The molecule has 0 aliphatic carbocycles. The van der Waals surface area contributed by atoms with Crippen LogP contribution in [0.4, 0.5) is 10.1 Å². The molecule has 2 rings (SSSR count). The van der Waals surface area contributed by atoms with Gasteiger partial charge in [0, 0.05) is 5.69 Å². The van der Waals surface area contributed by atoms with Gasteiger partial charge in [-0.3, -0.25) is 0 Å². The summed E-state index contributed by atoms with van der Waals surface area (Å²) in [7, 11) is 0. The van der Waals surface area contributed by atoms with Crippen LogP contribution in [0, 0.1) is 5.82 Å². The third-order valence-electron chi connectivity index (χ3n) is 3.71. The molecule has 23 heavy (non-hydrogen) atoms. The minimum Gasteiger partial charge on any atom is -0.356 e. The number of rotatable bonds is 3. The van der Waals surface area contributed by atoms with E-state index in [1.165, 1.54) is 17.7 Å². The van der Waals surface area contributed by atoms with Gasteiger partial charge in [0.05, 0.1) is 6.04 Å². The summed E-state index contributed by atoms with van der Waals surface area (Å²) in [6.07, 6.45) is 0. The van der Waals surface area contributed by atoms with E-state index in [4.69, 9.17) is 12.2 Å². The number of hydrogen-bond donors (Lipinski definition) is 2. The highest BCUT2D eigenvalue weighted by molar-refractivity contribution is 7.80. The van der Waals surface area contributed by atoms with Gasteiger partial charge < -0.3 is 10.6 Å². The van der Waals surface area contributed by atoms with Crippen LogP contribution in [-0.4, -0.2) is 5.11 Å². The van der Waals surface area contributed by atoms with Crippen LogP contribution >= 0.6 is 12.2 Å². The van der Waals surface area contributed by atoms with Crippen molar-refractivity contribution in [2.24, 2.45) is 0 Å². The summed E-state index contributed by atoms with van der Waals surface area (Å²) in [6.45, 7) is 8.64. The molecule has 0 spiro atoms. The van der Waals surface area contributed by atoms with E-state index in [2.05, 4.69) is 55.7 Å². The van der Waals surface area contributed by atoms with Gasteiger partial charge in [0.25, 0.3) is 0 Å². The van der Waals surface area contributed by atoms with Gasteiger partial charge in [-0.25, -0.2) is 4.39 Å². The second-order valence-electron chi connectivity index (χ2n) is 6.70. The van der Waals surface area contributed by atoms with Crippen LogP contribution in [0.15, 0.2) is 48.5 Å². The maximum absolute atomic E-state index is 13.2. The van der Waals surface area contributed by atoms with Gasteiger partial charge in [0.1, 0.15) is 5.82 Å². The number of thiocarbonyl (C=S) groups is 1. The third-order valence-corrected chi connectivity index (χ3v) is 3.93. The molecule has 0 saturated carbocycles. The van der Waals surface area contributed by atoms with Crippen molar-refractivity contribution in [3.63, 3.8) is 0 Å². The van der Waals surface area contributed by atoms with E-state index in [-0.39, 0.29) is 17.3 Å². The normalized spacial score (nSPS) is 12.6. The van der Waals surface area contributed by atoms with Crippen molar-refractivity contribution in [2.45, 2.75) is 39.2 Å². The lowest BCUT2D eigenvalue weighted by Crippen LogP contribution is -2.31. The zero-order valence-corrected chi connectivity index (χ0v) is 14.8. The minimum absolute atomic E-state index is 0.0672. The summed E-state index contributed by atoms with van der Waals surface area (Å²) in [5.74, 6) is -0.288. The molecule has 0 aromatic heterocycles. The lowest BCUT2D eigenvalue weighted by molar-refractivity contribution is 0.589. The summed E-state index contributed by atoms with van der Waals surface area (Å²) in [5, 5.41) is 6.69. The maximum Gasteiger partial charge on any atom is 0.171 e. The molecule has 0 amide bonds. The number of nitrogens with one attached hydrogen (secondary N) is 2. The van der Waals surface area contributed by atoms with Crippen molar-refractivity contribution in [3.05, 3.63) is 65.5 Å². The smallest absolute Gasteiger partial charge is 0.171 e. The molecule has 0 saturated heterocycles. The molecular formula is C19H23FN2S.